The summed E-state index contributed by atoms with van der Waals surface area (Å²) in [6.07, 6.45) is 2.12. The SMILES string of the molecule is CC(C)CNCC1CCCN(CC(O)COCc2ccccc2)C1. The van der Waals surface area contributed by atoms with Crippen molar-refractivity contribution in [2.75, 3.05) is 39.3 Å². The fourth-order valence-corrected chi connectivity index (χ4v) is 3.30. The van der Waals surface area contributed by atoms with Gasteiger partial charge in [-0.15, -0.1) is 0 Å². The summed E-state index contributed by atoms with van der Waals surface area (Å²) >= 11 is 0. The van der Waals surface area contributed by atoms with Crippen molar-refractivity contribution in [2.24, 2.45) is 11.8 Å². The van der Waals surface area contributed by atoms with Crippen LogP contribution in [0.25, 0.3) is 0 Å². The third-order valence-corrected chi connectivity index (χ3v) is 4.48. The number of likely N-dealkylation sites (tertiary alicyclic amines) is 1. The van der Waals surface area contributed by atoms with Gasteiger partial charge in [-0.3, -0.25) is 0 Å². The topological polar surface area (TPSA) is 44.7 Å². The lowest BCUT2D eigenvalue weighted by Crippen LogP contribution is -2.44. The van der Waals surface area contributed by atoms with Gasteiger partial charge in [0.15, 0.2) is 0 Å². The molecule has 1 heterocycles. The average molecular weight is 335 g/mol. The van der Waals surface area contributed by atoms with Gasteiger partial charge < -0.3 is 20.1 Å². The molecule has 1 aromatic rings. The molecule has 0 aromatic heterocycles. The van der Waals surface area contributed by atoms with Gasteiger partial charge in [0.2, 0.25) is 0 Å². The third kappa shape index (κ3) is 7.75. The molecule has 1 aromatic carbocycles. The number of hydrogen-bond donors (Lipinski definition) is 2. The summed E-state index contributed by atoms with van der Waals surface area (Å²) in [5.74, 6) is 1.41. The summed E-state index contributed by atoms with van der Waals surface area (Å²) in [6, 6.07) is 10.1. The number of nitrogens with zero attached hydrogens (tertiary/aromatic N) is 1. The predicted octanol–water partition coefficient (Wildman–Crippen LogP) is 2.52. The van der Waals surface area contributed by atoms with E-state index in [1.165, 1.54) is 12.8 Å². The highest BCUT2D eigenvalue weighted by molar-refractivity contribution is 5.13. The van der Waals surface area contributed by atoms with Crippen molar-refractivity contribution >= 4 is 0 Å². The van der Waals surface area contributed by atoms with E-state index in [1.807, 2.05) is 30.3 Å². The van der Waals surface area contributed by atoms with Crippen molar-refractivity contribution in [1.29, 1.82) is 0 Å². The van der Waals surface area contributed by atoms with Crippen LogP contribution in [-0.2, 0) is 11.3 Å². The molecule has 1 aliphatic rings. The van der Waals surface area contributed by atoms with E-state index in [2.05, 4.69) is 24.1 Å². The number of β-amino-alcohol motifs (C(OH)–C–C–N with tert-alkyl or cyclic N) is 1. The first-order valence-electron chi connectivity index (χ1n) is 9.36. The van der Waals surface area contributed by atoms with Crippen molar-refractivity contribution in [3.8, 4) is 0 Å². The van der Waals surface area contributed by atoms with Gasteiger partial charge >= 0.3 is 0 Å². The Morgan fingerprint density at radius 2 is 2.08 bits per heavy atom. The summed E-state index contributed by atoms with van der Waals surface area (Å²) < 4.78 is 5.65. The second-order valence-corrected chi connectivity index (χ2v) is 7.47. The van der Waals surface area contributed by atoms with Crippen LogP contribution in [0.5, 0.6) is 0 Å². The Bertz CT molecular complexity index is 439. The molecule has 0 bridgehead atoms. The Balaban J connectivity index is 1.61. The Kier molecular flexibility index (Phi) is 8.75. The first kappa shape index (κ1) is 19.4. The Labute approximate surface area is 147 Å². The zero-order chi connectivity index (χ0) is 17.2. The van der Waals surface area contributed by atoms with Gasteiger partial charge in [0.25, 0.3) is 0 Å². The van der Waals surface area contributed by atoms with Gasteiger partial charge in [-0.2, -0.15) is 0 Å². The summed E-state index contributed by atoms with van der Waals surface area (Å²) in [4.78, 5) is 2.39. The Hall–Kier alpha value is -0.940. The van der Waals surface area contributed by atoms with Crippen LogP contribution in [0.1, 0.15) is 32.3 Å². The first-order valence-corrected chi connectivity index (χ1v) is 9.36. The molecule has 1 aliphatic heterocycles. The highest BCUT2D eigenvalue weighted by atomic mass is 16.5. The maximum absolute atomic E-state index is 10.2. The van der Waals surface area contributed by atoms with Crippen molar-refractivity contribution < 1.29 is 9.84 Å². The summed E-state index contributed by atoms with van der Waals surface area (Å²) in [7, 11) is 0. The van der Waals surface area contributed by atoms with Gasteiger partial charge in [-0.25, -0.2) is 0 Å². The lowest BCUT2D eigenvalue weighted by atomic mass is 9.97. The second-order valence-electron chi connectivity index (χ2n) is 7.47. The minimum atomic E-state index is -0.406. The molecule has 0 radical (unpaired) electrons. The molecule has 2 rings (SSSR count). The smallest absolute Gasteiger partial charge is 0.0900 e. The van der Waals surface area contributed by atoms with E-state index in [-0.39, 0.29) is 0 Å². The predicted molar refractivity (Wildman–Crippen MR) is 99.0 cm³/mol. The van der Waals surface area contributed by atoms with E-state index in [0.29, 0.717) is 25.0 Å². The van der Waals surface area contributed by atoms with E-state index in [0.717, 1.165) is 38.3 Å². The molecular formula is C20H34N2O2. The number of hydrogen-bond acceptors (Lipinski definition) is 4. The molecule has 0 spiro atoms. The van der Waals surface area contributed by atoms with Crippen LogP contribution in [0.15, 0.2) is 30.3 Å². The largest absolute Gasteiger partial charge is 0.389 e. The number of nitrogens with one attached hydrogen (secondary N) is 1. The number of rotatable bonds is 10. The summed E-state index contributed by atoms with van der Waals surface area (Å²) in [5, 5.41) is 13.8. The number of ether oxygens (including phenoxy) is 1. The molecule has 0 saturated carbocycles. The van der Waals surface area contributed by atoms with E-state index >= 15 is 0 Å². The lowest BCUT2D eigenvalue weighted by Gasteiger charge is -2.34. The highest BCUT2D eigenvalue weighted by Crippen LogP contribution is 2.16. The number of aliphatic hydroxyl groups is 1. The average Bonchev–Trinajstić information content (AvgIpc) is 2.56. The van der Waals surface area contributed by atoms with Crippen LogP contribution in [0.3, 0.4) is 0 Å². The summed E-state index contributed by atoms with van der Waals surface area (Å²) in [6.45, 7) is 10.5. The normalized spacial score (nSPS) is 20.4. The van der Waals surface area contributed by atoms with Gasteiger partial charge in [-0.05, 0) is 49.9 Å². The molecule has 24 heavy (non-hydrogen) atoms. The third-order valence-electron chi connectivity index (χ3n) is 4.48. The van der Waals surface area contributed by atoms with Crippen molar-refractivity contribution in [3.63, 3.8) is 0 Å². The van der Waals surface area contributed by atoms with Gasteiger partial charge in [0.1, 0.15) is 0 Å². The lowest BCUT2D eigenvalue weighted by molar-refractivity contribution is 0.00305. The van der Waals surface area contributed by atoms with Gasteiger partial charge in [0, 0.05) is 13.1 Å². The van der Waals surface area contributed by atoms with Crippen molar-refractivity contribution in [3.05, 3.63) is 35.9 Å². The minimum Gasteiger partial charge on any atom is -0.389 e. The van der Waals surface area contributed by atoms with E-state index in [9.17, 15) is 5.11 Å². The highest BCUT2D eigenvalue weighted by Gasteiger charge is 2.21. The minimum absolute atomic E-state index is 0.404. The number of piperidine rings is 1. The fraction of sp³-hybridized carbons (Fsp3) is 0.700. The number of aliphatic hydroxyl groups excluding tert-OH is 1. The van der Waals surface area contributed by atoms with Crippen molar-refractivity contribution in [1.82, 2.24) is 10.2 Å². The maximum atomic E-state index is 10.2. The monoisotopic (exact) mass is 334 g/mol. The van der Waals surface area contributed by atoms with Crippen LogP contribution < -0.4 is 5.32 Å². The molecule has 2 unspecified atom stereocenters. The molecular weight excluding hydrogens is 300 g/mol. The van der Waals surface area contributed by atoms with E-state index in [4.69, 9.17) is 4.74 Å². The van der Waals surface area contributed by atoms with Crippen LogP contribution >= 0.6 is 0 Å². The summed E-state index contributed by atoms with van der Waals surface area (Å²) in [5.41, 5.74) is 1.15. The van der Waals surface area contributed by atoms with Gasteiger partial charge in [-0.1, -0.05) is 44.2 Å². The molecule has 136 valence electrons. The van der Waals surface area contributed by atoms with Crippen LogP contribution in [0.2, 0.25) is 0 Å². The standard InChI is InChI=1S/C20H34N2O2/c1-17(2)11-21-12-19-9-6-10-22(13-19)14-20(23)16-24-15-18-7-4-3-5-8-18/h3-5,7-8,17,19-21,23H,6,9-16H2,1-2H3. The zero-order valence-electron chi connectivity index (χ0n) is 15.3. The first-order chi connectivity index (χ1) is 11.6. The molecule has 2 atom stereocenters. The molecule has 1 fully saturated rings. The zero-order valence-corrected chi connectivity index (χ0v) is 15.3. The molecule has 0 amide bonds. The maximum Gasteiger partial charge on any atom is 0.0900 e. The Morgan fingerprint density at radius 3 is 2.83 bits per heavy atom. The van der Waals surface area contributed by atoms with Crippen molar-refractivity contribution in [2.45, 2.75) is 39.4 Å². The van der Waals surface area contributed by atoms with Gasteiger partial charge in [0.05, 0.1) is 19.3 Å². The quantitative estimate of drug-likeness (QED) is 0.690. The molecule has 1 saturated heterocycles. The molecule has 4 heteroatoms. The molecule has 0 aliphatic carbocycles. The Morgan fingerprint density at radius 1 is 1.29 bits per heavy atom. The molecule has 2 N–H and O–H groups in total. The van der Waals surface area contributed by atoms with E-state index < -0.39 is 6.10 Å². The van der Waals surface area contributed by atoms with Crippen LogP contribution in [0.4, 0.5) is 0 Å². The second kappa shape index (κ2) is 10.8. The number of benzene rings is 1. The van der Waals surface area contributed by atoms with E-state index in [1.54, 1.807) is 0 Å². The molecule has 4 nitrogen and oxygen atoms in total. The van der Waals surface area contributed by atoms with Crippen LogP contribution in [-0.4, -0.2) is 55.4 Å². The van der Waals surface area contributed by atoms with Crippen LogP contribution in [0, 0.1) is 11.8 Å². The fourth-order valence-electron chi connectivity index (χ4n) is 3.30.